The molecule has 33 heavy (non-hydrogen) atoms. The van der Waals surface area contributed by atoms with E-state index in [9.17, 15) is 4.79 Å². The summed E-state index contributed by atoms with van der Waals surface area (Å²) < 4.78 is 0. The van der Waals surface area contributed by atoms with E-state index in [2.05, 4.69) is 51.6 Å². The van der Waals surface area contributed by atoms with Crippen LogP contribution in [0.1, 0.15) is 67.3 Å². The molecule has 0 spiro atoms. The summed E-state index contributed by atoms with van der Waals surface area (Å²) in [6.45, 7) is 3.18. The van der Waals surface area contributed by atoms with Gasteiger partial charge < -0.3 is 10.2 Å². The summed E-state index contributed by atoms with van der Waals surface area (Å²) in [5.74, 6) is 1.88. The molecule has 2 heterocycles. The Morgan fingerprint density at radius 2 is 1.85 bits per heavy atom. The number of amides is 1. The first-order valence-corrected chi connectivity index (χ1v) is 12.6. The van der Waals surface area contributed by atoms with E-state index in [1.165, 1.54) is 49.5 Å². The van der Waals surface area contributed by atoms with Crippen LogP contribution in [0.3, 0.4) is 0 Å². The molecule has 1 aliphatic heterocycles. The van der Waals surface area contributed by atoms with E-state index in [1.54, 1.807) is 0 Å². The van der Waals surface area contributed by atoms with Gasteiger partial charge in [0.05, 0.1) is 6.20 Å². The monoisotopic (exact) mass is 440 g/mol. The van der Waals surface area contributed by atoms with Gasteiger partial charge in [0.15, 0.2) is 5.82 Å². The minimum atomic E-state index is 0.0276. The van der Waals surface area contributed by atoms with Gasteiger partial charge in [0.1, 0.15) is 0 Å². The molecule has 2 saturated carbocycles. The highest BCUT2D eigenvalue weighted by molar-refractivity contribution is 5.98. The van der Waals surface area contributed by atoms with Gasteiger partial charge >= 0.3 is 0 Å². The Hall–Kier alpha value is -2.95. The standard InChI is InChI=1S/C28H32N4O/c1-18-8-9-21(28(33)30-23-11-12-23)16-25(18)20-10-13-24-22(15-20)17-29-31-27(24)32-14-4-6-19-5-2-3-7-26(19)32/h8-10,13,15-17,19,23,26H,2-7,11-12,14H2,1H3,(H,30,33)/t19-,26-/m0/s1. The van der Waals surface area contributed by atoms with E-state index < -0.39 is 0 Å². The third-order valence-corrected chi connectivity index (χ3v) is 7.88. The van der Waals surface area contributed by atoms with Crippen molar-refractivity contribution in [1.82, 2.24) is 15.5 Å². The fraction of sp³-hybridized carbons (Fsp3) is 0.464. The van der Waals surface area contributed by atoms with Crippen molar-refractivity contribution in [2.75, 3.05) is 11.4 Å². The van der Waals surface area contributed by atoms with Crippen molar-refractivity contribution in [3.63, 3.8) is 0 Å². The summed E-state index contributed by atoms with van der Waals surface area (Å²) in [6, 6.07) is 13.6. The van der Waals surface area contributed by atoms with E-state index in [4.69, 9.17) is 0 Å². The van der Waals surface area contributed by atoms with E-state index in [0.717, 1.165) is 53.2 Å². The Morgan fingerprint density at radius 3 is 2.73 bits per heavy atom. The number of hydrogen-bond acceptors (Lipinski definition) is 4. The van der Waals surface area contributed by atoms with Crippen molar-refractivity contribution < 1.29 is 4.79 Å². The maximum atomic E-state index is 12.6. The number of carbonyl (C=O) groups excluding carboxylic acids is 1. The smallest absolute Gasteiger partial charge is 0.251 e. The van der Waals surface area contributed by atoms with Crippen molar-refractivity contribution in [2.45, 2.75) is 70.4 Å². The van der Waals surface area contributed by atoms with E-state index in [-0.39, 0.29) is 5.91 Å². The van der Waals surface area contributed by atoms with Gasteiger partial charge in [0.2, 0.25) is 0 Å². The topological polar surface area (TPSA) is 58.1 Å². The molecule has 1 saturated heterocycles. The Bertz CT molecular complexity index is 1200. The summed E-state index contributed by atoms with van der Waals surface area (Å²) in [5.41, 5.74) is 4.12. The second-order valence-corrected chi connectivity index (χ2v) is 10.2. The van der Waals surface area contributed by atoms with Crippen LogP contribution in [0, 0.1) is 12.8 Å². The van der Waals surface area contributed by atoms with Crippen LogP contribution in [-0.4, -0.2) is 34.7 Å². The van der Waals surface area contributed by atoms with Gasteiger partial charge in [-0.2, -0.15) is 5.10 Å². The summed E-state index contributed by atoms with van der Waals surface area (Å²) in [7, 11) is 0. The number of anilines is 1. The van der Waals surface area contributed by atoms with Crippen LogP contribution >= 0.6 is 0 Å². The van der Waals surface area contributed by atoms with Crippen molar-refractivity contribution in [3.05, 3.63) is 53.7 Å². The number of aryl methyl sites for hydroxylation is 1. The molecule has 1 N–H and O–H groups in total. The molecule has 2 aliphatic carbocycles. The number of nitrogens with zero attached hydrogens (tertiary/aromatic N) is 3. The molecule has 5 nitrogen and oxygen atoms in total. The molecule has 0 radical (unpaired) electrons. The number of benzene rings is 2. The zero-order valence-corrected chi connectivity index (χ0v) is 19.4. The Kier molecular flexibility index (Phi) is 5.28. The second kappa shape index (κ2) is 8.44. The van der Waals surface area contributed by atoms with Gasteiger partial charge in [-0.3, -0.25) is 4.79 Å². The highest BCUT2D eigenvalue weighted by Crippen LogP contribution is 2.39. The average Bonchev–Trinajstić information content (AvgIpc) is 3.67. The molecule has 0 bridgehead atoms. The summed E-state index contributed by atoms with van der Waals surface area (Å²) in [4.78, 5) is 15.2. The molecular formula is C28H32N4O. The first kappa shape index (κ1) is 20.6. The lowest BCUT2D eigenvalue weighted by molar-refractivity contribution is 0.0951. The number of nitrogens with one attached hydrogen (secondary N) is 1. The Balaban J connectivity index is 1.35. The van der Waals surface area contributed by atoms with Gasteiger partial charge in [-0.15, -0.1) is 5.10 Å². The van der Waals surface area contributed by atoms with Crippen LogP contribution in [-0.2, 0) is 0 Å². The molecule has 0 unspecified atom stereocenters. The number of fused-ring (bicyclic) bond motifs is 2. The molecule has 1 amide bonds. The number of carbonyl (C=O) groups is 1. The quantitative estimate of drug-likeness (QED) is 0.569. The molecule has 3 aromatic rings. The Labute approximate surface area is 195 Å². The number of rotatable bonds is 4. The fourth-order valence-electron chi connectivity index (χ4n) is 5.91. The van der Waals surface area contributed by atoms with Crippen LogP contribution in [0.15, 0.2) is 42.6 Å². The molecular weight excluding hydrogens is 408 g/mol. The average molecular weight is 441 g/mol. The zero-order chi connectivity index (χ0) is 22.4. The third-order valence-electron chi connectivity index (χ3n) is 7.88. The molecule has 6 rings (SSSR count). The molecule has 5 heteroatoms. The predicted octanol–water partition coefficient (Wildman–Crippen LogP) is 5.66. The normalized spacial score (nSPS) is 22.8. The van der Waals surface area contributed by atoms with Gasteiger partial charge in [-0.25, -0.2) is 0 Å². The lowest BCUT2D eigenvalue weighted by Gasteiger charge is -2.44. The minimum Gasteiger partial charge on any atom is -0.351 e. The maximum absolute atomic E-state index is 12.6. The number of hydrogen-bond donors (Lipinski definition) is 1. The first-order chi connectivity index (χ1) is 16.2. The van der Waals surface area contributed by atoms with Crippen LogP contribution in [0.2, 0.25) is 0 Å². The number of piperidine rings is 1. The molecule has 2 atom stereocenters. The van der Waals surface area contributed by atoms with E-state index in [1.807, 2.05) is 18.3 Å². The van der Waals surface area contributed by atoms with E-state index in [0.29, 0.717) is 12.1 Å². The van der Waals surface area contributed by atoms with Gasteiger partial charge in [0.25, 0.3) is 5.91 Å². The minimum absolute atomic E-state index is 0.0276. The fourth-order valence-corrected chi connectivity index (χ4v) is 5.91. The van der Waals surface area contributed by atoms with Crippen LogP contribution < -0.4 is 10.2 Å². The lowest BCUT2D eigenvalue weighted by Crippen LogP contribution is -2.47. The zero-order valence-electron chi connectivity index (χ0n) is 19.4. The second-order valence-electron chi connectivity index (χ2n) is 10.2. The molecule has 3 aliphatic rings. The van der Waals surface area contributed by atoms with Crippen LogP contribution in [0.25, 0.3) is 21.9 Å². The van der Waals surface area contributed by atoms with Crippen LogP contribution in [0.4, 0.5) is 5.82 Å². The number of aromatic nitrogens is 2. The summed E-state index contributed by atoms with van der Waals surface area (Å²) >= 11 is 0. The van der Waals surface area contributed by atoms with Crippen molar-refractivity contribution in [1.29, 1.82) is 0 Å². The SMILES string of the molecule is Cc1ccc(C(=O)NC2CC2)cc1-c1ccc2c(N3CCC[C@@H]4CCCC[C@@H]43)nncc2c1. The molecule has 170 valence electrons. The van der Waals surface area contributed by atoms with Crippen molar-refractivity contribution in [2.24, 2.45) is 5.92 Å². The molecule has 2 aromatic carbocycles. The summed E-state index contributed by atoms with van der Waals surface area (Å²) in [5, 5.41) is 14.4. The first-order valence-electron chi connectivity index (χ1n) is 12.6. The lowest BCUT2D eigenvalue weighted by atomic mass is 9.78. The predicted molar refractivity (Wildman–Crippen MR) is 133 cm³/mol. The van der Waals surface area contributed by atoms with Gasteiger partial charge in [0, 0.05) is 35.0 Å². The van der Waals surface area contributed by atoms with Crippen LogP contribution in [0.5, 0.6) is 0 Å². The Morgan fingerprint density at radius 1 is 1.00 bits per heavy atom. The highest BCUT2D eigenvalue weighted by Gasteiger charge is 2.34. The molecule has 3 fully saturated rings. The largest absolute Gasteiger partial charge is 0.351 e. The highest BCUT2D eigenvalue weighted by atomic mass is 16.1. The van der Waals surface area contributed by atoms with Gasteiger partial charge in [-0.1, -0.05) is 25.0 Å². The molecule has 1 aromatic heterocycles. The van der Waals surface area contributed by atoms with Crippen molar-refractivity contribution in [3.8, 4) is 11.1 Å². The van der Waals surface area contributed by atoms with Crippen molar-refractivity contribution >= 4 is 22.5 Å². The van der Waals surface area contributed by atoms with E-state index >= 15 is 0 Å². The third kappa shape index (κ3) is 3.98. The summed E-state index contributed by atoms with van der Waals surface area (Å²) in [6.07, 6.45) is 12.0. The van der Waals surface area contributed by atoms with Gasteiger partial charge in [-0.05, 0) is 92.3 Å². The maximum Gasteiger partial charge on any atom is 0.251 e.